The zero-order chi connectivity index (χ0) is 18.5. The van der Waals surface area contributed by atoms with Gasteiger partial charge in [-0.25, -0.2) is 9.59 Å². The Morgan fingerprint density at radius 1 is 1.17 bits per heavy atom. The summed E-state index contributed by atoms with van der Waals surface area (Å²) in [7, 11) is -3.37. The van der Waals surface area contributed by atoms with Crippen molar-refractivity contribution in [2.24, 2.45) is 5.41 Å². The first kappa shape index (κ1) is 24.0. The molecule has 0 atom stereocenters. The van der Waals surface area contributed by atoms with Crippen LogP contribution in [0.1, 0.15) is 6.42 Å². The molecule has 11 heteroatoms. The van der Waals surface area contributed by atoms with Crippen molar-refractivity contribution in [2.45, 2.75) is 6.42 Å². The van der Waals surface area contributed by atoms with Crippen molar-refractivity contribution < 1.29 is 60.7 Å². The third kappa shape index (κ3) is 9.46. The Balaban J connectivity index is 0. The van der Waals surface area contributed by atoms with Gasteiger partial charge in [0.15, 0.2) is 28.8 Å². The fourth-order valence-electron chi connectivity index (χ4n) is 1.08. The molecule has 0 bridgehead atoms. The van der Waals surface area contributed by atoms with Crippen LogP contribution in [-0.4, -0.2) is 45.5 Å². The number of aliphatic hydroxyl groups is 4. The number of hydrogen-bond acceptors (Lipinski definition) is 9. The molecule has 1 aliphatic rings. The minimum Gasteiger partial charge on any atom is -0.854 e. The van der Waals surface area contributed by atoms with Crippen LogP contribution in [0.25, 0.3) is 0 Å². The molecule has 1 aliphatic carbocycles. The van der Waals surface area contributed by atoms with Gasteiger partial charge in [-0.3, -0.25) is 0 Å². The van der Waals surface area contributed by atoms with Gasteiger partial charge in [0.05, 0.1) is 13.2 Å². The number of aliphatic hydroxyl groups excluding tert-OH is 4. The van der Waals surface area contributed by atoms with Crippen LogP contribution in [0.3, 0.4) is 0 Å². The van der Waals surface area contributed by atoms with Crippen molar-refractivity contribution >= 4 is 20.5 Å². The predicted molar refractivity (Wildman–Crippen MR) is 69.0 cm³/mol. The molecule has 0 fully saturated rings. The Morgan fingerprint density at radius 3 is 1.70 bits per heavy atom. The van der Waals surface area contributed by atoms with E-state index in [4.69, 9.17) is 35.1 Å². The first-order chi connectivity index (χ1) is 10.7. The van der Waals surface area contributed by atoms with E-state index < -0.39 is 38.7 Å². The average molecular weight is 387 g/mol. The molecular formula is C12H13MnO9P. The molecule has 1 rings (SSSR count). The van der Waals surface area contributed by atoms with Gasteiger partial charge in [-0.05, 0) is 0 Å². The molecule has 0 radical (unpaired) electrons. The van der Waals surface area contributed by atoms with Gasteiger partial charge >= 0.3 is 45.1 Å². The average Bonchev–Trinajstić information content (AvgIpc) is 2.99. The summed E-state index contributed by atoms with van der Waals surface area (Å²) in [5.41, 5.74) is -2.19. The molecule has 0 aliphatic heterocycles. The molecule has 0 amide bonds. The SMILES string of the molecule is O=C=C(O)C(CO)(CO)C(O)=C=O.[Mn+3][C]1=CC=CC1.[O-]P([O-])[O-]. The molecular weight excluding hydrogens is 374 g/mol. The smallest absolute Gasteiger partial charge is 0.438 e. The fourth-order valence-corrected chi connectivity index (χ4v) is 1.33. The largest absolute Gasteiger partial charge is 0.854 e. The van der Waals surface area contributed by atoms with Gasteiger partial charge < -0.3 is 43.7 Å². The minimum atomic E-state index is -3.37. The molecule has 0 aromatic heterocycles. The second-order valence-corrected chi connectivity index (χ2v) is 4.97. The van der Waals surface area contributed by atoms with Gasteiger partial charge in [-0.2, -0.15) is 0 Å². The standard InChI is InChI=1S/C7H8O6.C5H5.Mn.O3P/c8-1-5(12)7(3-10,4-11)6(13)2-9;1-2-4-5-3-1;;1-4(2)3/h10-13H,3-4H2;1-3H,4H2;;/q;;+3;-3. The summed E-state index contributed by atoms with van der Waals surface area (Å²) in [5.74, 6) is -0.378. The van der Waals surface area contributed by atoms with Crippen LogP contribution in [0.5, 0.6) is 0 Å². The maximum atomic E-state index is 10.0. The van der Waals surface area contributed by atoms with Crippen LogP contribution in [0.15, 0.2) is 34.2 Å². The van der Waals surface area contributed by atoms with Crippen LogP contribution >= 0.6 is 8.60 Å². The van der Waals surface area contributed by atoms with Crippen molar-refractivity contribution in [3.05, 3.63) is 34.2 Å². The van der Waals surface area contributed by atoms with Crippen molar-refractivity contribution in [1.82, 2.24) is 0 Å². The van der Waals surface area contributed by atoms with Crippen molar-refractivity contribution in [3.8, 4) is 0 Å². The second kappa shape index (κ2) is 13.2. The van der Waals surface area contributed by atoms with Crippen molar-refractivity contribution in [2.75, 3.05) is 13.2 Å². The number of rotatable bonds is 4. The zero-order valence-corrected chi connectivity index (χ0v) is 13.6. The van der Waals surface area contributed by atoms with Gasteiger partial charge in [0, 0.05) is 0 Å². The zero-order valence-electron chi connectivity index (χ0n) is 11.5. The van der Waals surface area contributed by atoms with Gasteiger partial charge in [0.2, 0.25) is 0 Å². The Bertz CT molecular complexity index is 484. The van der Waals surface area contributed by atoms with E-state index in [1.807, 2.05) is 6.08 Å². The summed E-state index contributed by atoms with van der Waals surface area (Å²) in [6.45, 7) is -2.02. The second-order valence-electron chi connectivity index (χ2n) is 3.77. The maximum absolute atomic E-state index is 10.0. The van der Waals surface area contributed by atoms with Crippen LogP contribution in [-0.2, 0) is 25.6 Å². The summed E-state index contributed by atoms with van der Waals surface area (Å²) in [6.07, 6.45) is 7.30. The van der Waals surface area contributed by atoms with E-state index >= 15 is 0 Å². The van der Waals surface area contributed by atoms with Crippen LogP contribution in [0.2, 0.25) is 0 Å². The van der Waals surface area contributed by atoms with Crippen molar-refractivity contribution in [3.63, 3.8) is 0 Å². The first-order valence-corrected chi connectivity index (χ1v) is 7.33. The van der Waals surface area contributed by atoms with Crippen LogP contribution in [0, 0.1) is 5.41 Å². The minimum absolute atomic E-state index is 0.965. The van der Waals surface area contributed by atoms with E-state index in [2.05, 4.69) is 28.2 Å². The Kier molecular flexibility index (Phi) is 13.8. The molecule has 0 spiro atoms. The Hall–Kier alpha value is -1.27. The molecule has 0 unspecified atom stereocenters. The third-order valence-electron chi connectivity index (χ3n) is 2.37. The first-order valence-electron chi connectivity index (χ1n) is 5.65. The van der Waals surface area contributed by atoms with E-state index in [1.165, 1.54) is 4.47 Å². The third-order valence-corrected chi connectivity index (χ3v) is 2.80. The molecule has 0 heterocycles. The summed E-state index contributed by atoms with van der Waals surface area (Å²) >= 11 is 3.34. The molecule has 0 aromatic carbocycles. The van der Waals surface area contributed by atoms with E-state index in [0.717, 1.165) is 18.3 Å². The summed E-state index contributed by atoms with van der Waals surface area (Å²) in [6, 6.07) is 0. The van der Waals surface area contributed by atoms with Gasteiger partial charge in [0.25, 0.3) is 0 Å². The van der Waals surface area contributed by atoms with E-state index in [1.54, 1.807) is 0 Å². The molecule has 127 valence electrons. The number of hydrogen-bond donors (Lipinski definition) is 4. The van der Waals surface area contributed by atoms with E-state index in [-0.39, 0.29) is 0 Å². The summed E-state index contributed by atoms with van der Waals surface area (Å²) in [5, 5.41) is 35.2. The quantitative estimate of drug-likeness (QED) is 0.171. The molecule has 0 saturated carbocycles. The van der Waals surface area contributed by atoms with Gasteiger partial charge in [-0.1, -0.05) is 0 Å². The fraction of sp³-hybridized carbons (Fsp3) is 0.333. The molecule has 0 saturated heterocycles. The van der Waals surface area contributed by atoms with Crippen LogP contribution in [0.4, 0.5) is 0 Å². The Labute approximate surface area is 141 Å². The molecule has 0 aromatic rings. The topological polar surface area (TPSA) is 184 Å². The monoisotopic (exact) mass is 387 g/mol. The summed E-state index contributed by atoms with van der Waals surface area (Å²) in [4.78, 5) is 45.4. The van der Waals surface area contributed by atoms with Gasteiger partial charge in [-0.15, -0.1) is 0 Å². The molecule has 9 nitrogen and oxygen atoms in total. The number of allylic oxidation sites excluding steroid dienone is 4. The van der Waals surface area contributed by atoms with E-state index in [9.17, 15) is 9.59 Å². The number of carbonyl (C=O) groups excluding carboxylic acids is 2. The molecule has 4 N–H and O–H groups in total. The normalized spacial score (nSPS) is 12.0. The van der Waals surface area contributed by atoms with E-state index in [0.29, 0.717) is 0 Å². The predicted octanol–water partition coefficient (Wildman–Crippen LogP) is -2.82. The summed E-state index contributed by atoms with van der Waals surface area (Å²) < 4.78 is 1.28. The van der Waals surface area contributed by atoms with Gasteiger partial charge in [0.1, 0.15) is 0 Å². The van der Waals surface area contributed by atoms with Crippen molar-refractivity contribution in [1.29, 1.82) is 0 Å². The Morgan fingerprint density at radius 2 is 1.57 bits per heavy atom. The molecule has 23 heavy (non-hydrogen) atoms. The maximum Gasteiger partial charge on any atom is -0.438 e. The van der Waals surface area contributed by atoms with Crippen LogP contribution < -0.4 is 14.7 Å².